The van der Waals surface area contributed by atoms with Crippen LogP contribution in [0.2, 0.25) is 0 Å². The minimum Gasteiger partial charge on any atom is -0.508 e. The van der Waals surface area contributed by atoms with Gasteiger partial charge in [-0.15, -0.1) is 0 Å². The smallest absolute Gasteiger partial charge is 0.124 e. The van der Waals surface area contributed by atoms with Crippen LogP contribution in [0.3, 0.4) is 0 Å². The molecule has 1 aromatic rings. The van der Waals surface area contributed by atoms with Crippen LogP contribution < -0.4 is 5.32 Å². The van der Waals surface area contributed by atoms with Gasteiger partial charge in [-0.1, -0.05) is 19.8 Å². The minimum atomic E-state index is 0.0194. The zero-order valence-corrected chi connectivity index (χ0v) is 11.5. The highest BCUT2D eigenvalue weighted by Crippen LogP contribution is 2.34. The van der Waals surface area contributed by atoms with Crippen molar-refractivity contribution in [3.63, 3.8) is 0 Å². The summed E-state index contributed by atoms with van der Waals surface area (Å²) in [5, 5.41) is 23.1. The van der Waals surface area contributed by atoms with Gasteiger partial charge in [0, 0.05) is 18.2 Å². The molecule has 0 spiro atoms. The molecule has 0 bridgehead atoms. The molecule has 106 valence electrons. The summed E-state index contributed by atoms with van der Waals surface area (Å²) in [5.41, 5.74) is 1.91. The normalized spacial score (nSPS) is 19.5. The summed E-state index contributed by atoms with van der Waals surface area (Å²) in [7, 11) is 0. The summed E-state index contributed by atoms with van der Waals surface area (Å²) in [4.78, 5) is 0. The van der Waals surface area contributed by atoms with Gasteiger partial charge in [0.2, 0.25) is 0 Å². The average Bonchev–Trinajstić information content (AvgIpc) is 2.39. The second kappa shape index (κ2) is 6.78. The molecule has 19 heavy (non-hydrogen) atoms. The average molecular weight is 265 g/mol. The summed E-state index contributed by atoms with van der Waals surface area (Å²) in [5.74, 6) is 0.291. The Labute approximate surface area is 114 Å². The molecule has 0 saturated carbocycles. The number of aryl methyl sites for hydroxylation is 1. The van der Waals surface area contributed by atoms with E-state index in [1.165, 1.54) is 6.07 Å². The van der Waals surface area contributed by atoms with Crippen molar-refractivity contribution >= 4 is 0 Å². The Bertz CT molecular complexity index is 414. The second-order valence-corrected chi connectivity index (χ2v) is 5.08. The van der Waals surface area contributed by atoms with Gasteiger partial charge in [0.15, 0.2) is 0 Å². The number of phenolic OH excluding ortho intramolecular Hbond substituents is 2. The standard InChI is InChI=1S/C15H23NO3/c1-2-3-4-5-11-8-12(17)9-14(18)15(11)13-10-19-7-6-16-13/h8-9,13,16-18H,2-7,10H2,1H3. The number of morpholine rings is 1. The Hall–Kier alpha value is -1.26. The van der Waals surface area contributed by atoms with E-state index in [0.717, 1.165) is 43.4 Å². The van der Waals surface area contributed by atoms with E-state index < -0.39 is 0 Å². The fourth-order valence-electron chi connectivity index (χ4n) is 2.61. The van der Waals surface area contributed by atoms with Crippen molar-refractivity contribution < 1.29 is 14.9 Å². The van der Waals surface area contributed by atoms with Crippen molar-refractivity contribution in [1.82, 2.24) is 5.32 Å². The van der Waals surface area contributed by atoms with E-state index in [1.807, 2.05) is 0 Å². The van der Waals surface area contributed by atoms with Crippen molar-refractivity contribution in [3.8, 4) is 11.5 Å². The monoisotopic (exact) mass is 265 g/mol. The van der Waals surface area contributed by atoms with E-state index >= 15 is 0 Å². The molecule has 0 amide bonds. The summed E-state index contributed by atoms with van der Waals surface area (Å²) in [6.45, 7) is 4.23. The highest BCUT2D eigenvalue weighted by atomic mass is 16.5. The highest BCUT2D eigenvalue weighted by Gasteiger charge is 2.22. The fourth-order valence-corrected chi connectivity index (χ4v) is 2.61. The first-order valence-electron chi connectivity index (χ1n) is 7.08. The lowest BCUT2D eigenvalue weighted by molar-refractivity contribution is 0.0757. The first-order valence-corrected chi connectivity index (χ1v) is 7.08. The van der Waals surface area contributed by atoms with Crippen molar-refractivity contribution in [1.29, 1.82) is 0 Å². The predicted molar refractivity (Wildman–Crippen MR) is 74.6 cm³/mol. The first kappa shape index (κ1) is 14.2. The molecule has 1 saturated heterocycles. The van der Waals surface area contributed by atoms with E-state index in [-0.39, 0.29) is 17.5 Å². The molecule has 0 aliphatic carbocycles. The predicted octanol–water partition coefficient (Wildman–Crippen LogP) is 2.49. The lowest BCUT2D eigenvalue weighted by atomic mass is 9.94. The van der Waals surface area contributed by atoms with Crippen LogP contribution >= 0.6 is 0 Å². The highest BCUT2D eigenvalue weighted by molar-refractivity contribution is 5.47. The van der Waals surface area contributed by atoms with Crippen LogP contribution in [0.5, 0.6) is 11.5 Å². The Morgan fingerprint density at radius 3 is 2.84 bits per heavy atom. The van der Waals surface area contributed by atoms with Crippen LogP contribution in [-0.2, 0) is 11.2 Å². The summed E-state index contributed by atoms with van der Waals surface area (Å²) in [6.07, 6.45) is 4.26. The number of rotatable bonds is 5. The largest absolute Gasteiger partial charge is 0.508 e. The molecule has 1 aromatic carbocycles. The van der Waals surface area contributed by atoms with Crippen molar-refractivity contribution in [2.75, 3.05) is 19.8 Å². The maximum Gasteiger partial charge on any atom is 0.124 e. The first-order chi connectivity index (χ1) is 9.22. The third-order valence-corrected chi connectivity index (χ3v) is 3.55. The third kappa shape index (κ3) is 3.61. The van der Waals surface area contributed by atoms with E-state index in [1.54, 1.807) is 6.07 Å². The third-order valence-electron chi connectivity index (χ3n) is 3.55. The topological polar surface area (TPSA) is 61.7 Å². The van der Waals surface area contributed by atoms with Crippen LogP contribution in [-0.4, -0.2) is 30.0 Å². The lowest BCUT2D eigenvalue weighted by Gasteiger charge is -2.27. The molecule has 1 aliphatic rings. The van der Waals surface area contributed by atoms with E-state index in [9.17, 15) is 10.2 Å². The van der Waals surface area contributed by atoms with E-state index in [4.69, 9.17) is 4.74 Å². The van der Waals surface area contributed by atoms with Gasteiger partial charge in [0.05, 0.1) is 19.3 Å². The maximum absolute atomic E-state index is 10.1. The molecular formula is C15H23NO3. The summed E-state index contributed by atoms with van der Waals surface area (Å²) in [6, 6.07) is 3.20. The number of nitrogens with one attached hydrogen (secondary N) is 1. The molecule has 4 heteroatoms. The van der Waals surface area contributed by atoms with Crippen molar-refractivity contribution in [2.45, 2.75) is 38.6 Å². The van der Waals surface area contributed by atoms with Crippen LogP contribution in [0.15, 0.2) is 12.1 Å². The van der Waals surface area contributed by atoms with Crippen LogP contribution in [0, 0.1) is 0 Å². The molecule has 1 aliphatic heterocycles. The van der Waals surface area contributed by atoms with E-state index in [0.29, 0.717) is 13.2 Å². The molecule has 1 fully saturated rings. The van der Waals surface area contributed by atoms with Crippen molar-refractivity contribution in [2.24, 2.45) is 0 Å². The number of phenols is 2. The molecular weight excluding hydrogens is 242 g/mol. The molecule has 2 rings (SSSR count). The van der Waals surface area contributed by atoms with E-state index in [2.05, 4.69) is 12.2 Å². The molecule has 0 aromatic heterocycles. The SMILES string of the molecule is CCCCCc1cc(O)cc(O)c1C1COCCN1. The van der Waals surface area contributed by atoms with Gasteiger partial charge < -0.3 is 20.3 Å². The van der Waals surface area contributed by atoms with Crippen LogP contribution in [0.4, 0.5) is 0 Å². The van der Waals surface area contributed by atoms with Crippen molar-refractivity contribution in [3.05, 3.63) is 23.3 Å². The van der Waals surface area contributed by atoms with Gasteiger partial charge in [-0.2, -0.15) is 0 Å². The van der Waals surface area contributed by atoms with Gasteiger partial charge in [-0.25, -0.2) is 0 Å². The molecule has 3 N–H and O–H groups in total. The lowest BCUT2D eigenvalue weighted by Crippen LogP contribution is -2.35. The van der Waals surface area contributed by atoms with Gasteiger partial charge in [-0.3, -0.25) is 0 Å². The maximum atomic E-state index is 10.1. The minimum absolute atomic E-state index is 0.0194. The Kier molecular flexibility index (Phi) is 5.05. The summed E-state index contributed by atoms with van der Waals surface area (Å²) < 4.78 is 5.47. The zero-order valence-electron chi connectivity index (χ0n) is 11.5. The number of hydrogen-bond donors (Lipinski definition) is 3. The number of unbranched alkanes of at least 4 members (excludes halogenated alkanes) is 2. The Morgan fingerprint density at radius 2 is 2.16 bits per heavy atom. The molecule has 4 nitrogen and oxygen atoms in total. The van der Waals surface area contributed by atoms with Gasteiger partial charge >= 0.3 is 0 Å². The van der Waals surface area contributed by atoms with Crippen LogP contribution in [0.25, 0.3) is 0 Å². The van der Waals surface area contributed by atoms with Gasteiger partial charge in [0.25, 0.3) is 0 Å². The molecule has 1 heterocycles. The van der Waals surface area contributed by atoms with Gasteiger partial charge in [-0.05, 0) is 24.5 Å². The number of benzene rings is 1. The Balaban J connectivity index is 2.22. The summed E-state index contributed by atoms with van der Waals surface area (Å²) >= 11 is 0. The number of aromatic hydroxyl groups is 2. The van der Waals surface area contributed by atoms with Gasteiger partial charge in [0.1, 0.15) is 11.5 Å². The number of ether oxygens (including phenoxy) is 1. The molecule has 1 unspecified atom stereocenters. The zero-order chi connectivity index (χ0) is 13.7. The molecule has 0 radical (unpaired) electrons. The number of hydrogen-bond acceptors (Lipinski definition) is 4. The quantitative estimate of drug-likeness (QED) is 0.716. The molecule has 1 atom stereocenters. The van der Waals surface area contributed by atoms with Crippen LogP contribution in [0.1, 0.15) is 43.4 Å². The second-order valence-electron chi connectivity index (χ2n) is 5.08. The fraction of sp³-hybridized carbons (Fsp3) is 0.600. The Morgan fingerprint density at radius 1 is 1.32 bits per heavy atom.